The Kier molecular flexibility index (Phi) is 4.45. The van der Waals surface area contributed by atoms with E-state index in [1.165, 1.54) is 6.21 Å². The molecular formula is C23H33NO6. The average Bonchev–Trinajstić information content (AvgIpc) is 3.23. The van der Waals surface area contributed by atoms with Crippen LogP contribution in [0.25, 0.3) is 0 Å². The number of fused-ring (bicyclic) bond motifs is 5. The molecule has 4 fully saturated rings. The SMILES string of the molecule is C[C@]12CC[C@H]3[C@@H](CC[C@]4(O)C[C@@H](O)CC[C@]34/C=N\O)[C@@]1(O)CC[C@@H]2C1=CC(=O)OC1. The van der Waals surface area contributed by atoms with E-state index in [-0.39, 0.29) is 35.6 Å². The molecule has 5 rings (SSSR count). The van der Waals surface area contributed by atoms with Crippen molar-refractivity contribution in [1.29, 1.82) is 0 Å². The number of hydrogen-bond acceptors (Lipinski definition) is 7. The molecule has 0 saturated heterocycles. The monoisotopic (exact) mass is 419 g/mol. The van der Waals surface area contributed by atoms with Crippen LogP contribution in [0.2, 0.25) is 0 Å². The fraction of sp³-hybridized carbons (Fsp3) is 0.826. The second-order valence-corrected chi connectivity index (χ2v) is 10.8. The van der Waals surface area contributed by atoms with Gasteiger partial charge in [0.05, 0.1) is 23.5 Å². The predicted octanol–water partition coefficient (Wildman–Crippen LogP) is 2.16. The quantitative estimate of drug-likeness (QED) is 0.236. The van der Waals surface area contributed by atoms with Gasteiger partial charge in [0.15, 0.2) is 0 Å². The Bertz CT molecular complexity index is 812. The number of hydrogen-bond donors (Lipinski definition) is 4. The van der Waals surface area contributed by atoms with Crippen molar-refractivity contribution in [3.05, 3.63) is 11.6 Å². The van der Waals surface area contributed by atoms with Gasteiger partial charge in [-0.15, -0.1) is 5.16 Å². The molecule has 0 unspecified atom stereocenters. The Morgan fingerprint density at radius 3 is 2.57 bits per heavy atom. The van der Waals surface area contributed by atoms with Crippen LogP contribution in [0.3, 0.4) is 0 Å². The van der Waals surface area contributed by atoms with Gasteiger partial charge in [-0.2, -0.15) is 0 Å². The molecule has 4 aliphatic carbocycles. The summed E-state index contributed by atoms with van der Waals surface area (Å²) in [6, 6.07) is 0. The molecule has 166 valence electrons. The summed E-state index contributed by atoms with van der Waals surface area (Å²) in [7, 11) is 0. The molecular weight excluding hydrogens is 386 g/mol. The molecule has 0 bridgehead atoms. The van der Waals surface area contributed by atoms with E-state index < -0.39 is 22.7 Å². The minimum absolute atomic E-state index is 0.00749. The summed E-state index contributed by atoms with van der Waals surface area (Å²) >= 11 is 0. The molecule has 8 atom stereocenters. The van der Waals surface area contributed by atoms with Gasteiger partial charge in [0.1, 0.15) is 6.61 Å². The molecule has 5 aliphatic rings. The standard InChI is InChI=1S/C23H33NO6/c1-20-6-3-17-18(23(20,28)9-5-16(20)14-10-19(26)30-12-14)4-8-22(27)11-15(25)2-7-21(17,22)13-24-29/h10,13,15-18,25,27-29H,2-9,11-12H2,1H3/b24-13-/t15-,16+,17-,18+,20+,21-,22-,23-/m0/s1. The molecule has 0 aromatic heterocycles. The summed E-state index contributed by atoms with van der Waals surface area (Å²) in [6.45, 7) is 2.48. The van der Waals surface area contributed by atoms with Gasteiger partial charge < -0.3 is 25.3 Å². The molecule has 0 spiro atoms. The number of oxime groups is 1. The fourth-order valence-corrected chi connectivity index (χ4v) is 8.46. The van der Waals surface area contributed by atoms with Gasteiger partial charge in [0.25, 0.3) is 0 Å². The van der Waals surface area contributed by atoms with E-state index in [1.54, 1.807) is 6.08 Å². The summed E-state index contributed by atoms with van der Waals surface area (Å²) in [4.78, 5) is 11.7. The third-order valence-electron chi connectivity index (χ3n) is 9.93. The third kappa shape index (κ3) is 2.43. The van der Waals surface area contributed by atoms with Crippen LogP contribution in [0.1, 0.15) is 64.7 Å². The maximum atomic E-state index is 12.2. The first-order valence-electron chi connectivity index (χ1n) is 11.4. The van der Waals surface area contributed by atoms with E-state index in [2.05, 4.69) is 12.1 Å². The topological polar surface area (TPSA) is 120 Å². The maximum absolute atomic E-state index is 12.2. The van der Waals surface area contributed by atoms with Crippen molar-refractivity contribution in [3.8, 4) is 0 Å². The van der Waals surface area contributed by atoms with Crippen LogP contribution in [0.15, 0.2) is 16.8 Å². The molecule has 30 heavy (non-hydrogen) atoms. The van der Waals surface area contributed by atoms with Gasteiger partial charge in [-0.3, -0.25) is 0 Å². The molecule has 7 heteroatoms. The van der Waals surface area contributed by atoms with Crippen LogP contribution < -0.4 is 0 Å². The third-order valence-corrected chi connectivity index (χ3v) is 9.93. The summed E-state index contributed by atoms with van der Waals surface area (Å²) in [5, 5.41) is 47.0. The first kappa shape index (κ1) is 20.5. The number of ether oxygens (including phenoxy) is 1. The Morgan fingerprint density at radius 1 is 1.10 bits per heavy atom. The lowest BCUT2D eigenvalue weighted by atomic mass is 9.41. The van der Waals surface area contributed by atoms with Crippen molar-refractivity contribution in [2.75, 3.05) is 6.61 Å². The second-order valence-electron chi connectivity index (χ2n) is 10.8. The van der Waals surface area contributed by atoms with Crippen molar-refractivity contribution >= 4 is 12.2 Å². The lowest BCUT2D eigenvalue weighted by molar-refractivity contribution is -0.237. The molecule has 1 heterocycles. The molecule has 4 N–H and O–H groups in total. The van der Waals surface area contributed by atoms with E-state index >= 15 is 0 Å². The molecule has 0 amide bonds. The van der Waals surface area contributed by atoms with E-state index in [0.29, 0.717) is 38.7 Å². The van der Waals surface area contributed by atoms with E-state index in [9.17, 15) is 25.3 Å². The van der Waals surface area contributed by atoms with E-state index in [4.69, 9.17) is 4.74 Å². The van der Waals surface area contributed by atoms with Crippen molar-refractivity contribution < 1.29 is 30.1 Å². The summed E-state index contributed by atoms with van der Waals surface area (Å²) in [5.41, 5.74) is -2.11. The first-order chi connectivity index (χ1) is 14.2. The summed E-state index contributed by atoms with van der Waals surface area (Å²) in [6.07, 6.45) is 8.20. The van der Waals surface area contributed by atoms with Crippen LogP contribution in [0, 0.1) is 28.6 Å². The van der Waals surface area contributed by atoms with Gasteiger partial charge in [0, 0.05) is 23.3 Å². The molecule has 0 aromatic carbocycles. The Hall–Kier alpha value is -1.44. The molecule has 7 nitrogen and oxygen atoms in total. The Labute approximate surface area is 176 Å². The minimum Gasteiger partial charge on any atom is -0.458 e. The van der Waals surface area contributed by atoms with Gasteiger partial charge in [-0.05, 0) is 74.7 Å². The van der Waals surface area contributed by atoms with E-state index in [1.807, 2.05) is 0 Å². The van der Waals surface area contributed by atoms with Gasteiger partial charge in [0.2, 0.25) is 0 Å². The highest BCUT2D eigenvalue weighted by Crippen LogP contribution is 2.70. The minimum atomic E-state index is -1.12. The van der Waals surface area contributed by atoms with Crippen molar-refractivity contribution in [3.63, 3.8) is 0 Å². The van der Waals surface area contributed by atoms with Crippen LogP contribution >= 0.6 is 0 Å². The molecule has 0 aromatic rings. The summed E-state index contributed by atoms with van der Waals surface area (Å²) in [5.74, 6) is -0.203. The first-order valence-corrected chi connectivity index (χ1v) is 11.4. The van der Waals surface area contributed by atoms with Crippen molar-refractivity contribution in [2.45, 2.75) is 82.0 Å². The highest BCUT2D eigenvalue weighted by molar-refractivity contribution is 5.85. The number of carbonyl (C=O) groups excluding carboxylic acids is 1. The molecule has 0 radical (unpaired) electrons. The molecule has 4 saturated carbocycles. The van der Waals surface area contributed by atoms with Crippen molar-refractivity contribution in [2.24, 2.45) is 33.7 Å². The van der Waals surface area contributed by atoms with Gasteiger partial charge in [-0.1, -0.05) is 6.92 Å². The Morgan fingerprint density at radius 2 is 1.87 bits per heavy atom. The smallest absolute Gasteiger partial charge is 0.331 e. The number of rotatable bonds is 2. The predicted molar refractivity (Wildman–Crippen MR) is 108 cm³/mol. The number of aliphatic hydroxyl groups excluding tert-OH is 1. The second kappa shape index (κ2) is 6.53. The maximum Gasteiger partial charge on any atom is 0.331 e. The highest BCUT2D eigenvalue weighted by atomic mass is 16.5. The van der Waals surface area contributed by atoms with Crippen LogP contribution in [-0.2, 0) is 9.53 Å². The van der Waals surface area contributed by atoms with Crippen LogP contribution in [-0.4, -0.2) is 56.6 Å². The lowest BCUT2D eigenvalue weighted by Crippen LogP contribution is -2.68. The van der Waals surface area contributed by atoms with E-state index in [0.717, 1.165) is 24.8 Å². The zero-order valence-corrected chi connectivity index (χ0v) is 17.6. The lowest BCUT2D eigenvalue weighted by Gasteiger charge is -2.65. The number of carbonyl (C=O) groups is 1. The normalized spacial score (nSPS) is 53.1. The van der Waals surface area contributed by atoms with Gasteiger partial charge >= 0.3 is 5.97 Å². The number of nitrogens with zero attached hydrogens (tertiary/aromatic N) is 1. The fourth-order valence-electron chi connectivity index (χ4n) is 8.46. The van der Waals surface area contributed by atoms with Crippen LogP contribution in [0.4, 0.5) is 0 Å². The Balaban J connectivity index is 1.53. The summed E-state index contributed by atoms with van der Waals surface area (Å²) < 4.78 is 5.17. The zero-order chi connectivity index (χ0) is 21.4. The number of esters is 1. The van der Waals surface area contributed by atoms with Crippen LogP contribution in [0.5, 0.6) is 0 Å². The van der Waals surface area contributed by atoms with Crippen molar-refractivity contribution in [1.82, 2.24) is 0 Å². The highest BCUT2D eigenvalue weighted by Gasteiger charge is 2.71. The average molecular weight is 420 g/mol. The van der Waals surface area contributed by atoms with Gasteiger partial charge in [-0.25, -0.2) is 4.79 Å². The molecule has 1 aliphatic heterocycles. The largest absolute Gasteiger partial charge is 0.458 e. The number of cyclic esters (lactones) is 1. The number of aliphatic hydroxyl groups is 3. The zero-order valence-electron chi connectivity index (χ0n) is 17.6.